The predicted octanol–water partition coefficient (Wildman–Crippen LogP) is 1.71. The van der Waals surface area contributed by atoms with E-state index >= 15 is 0 Å². The zero-order chi connectivity index (χ0) is 15.5. The van der Waals surface area contributed by atoms with Crippen molar-refractivity contribution in [3.8, 4) is 0 Å². The highest BCUT2D eigenvalue weighted by Crippen LogP contribution is 2.23. The number of anilines is 1. The van der Waals surface area contributed by atoms with Gasteiger partial charge in [-0.15, -0.1) is 0 Å². The molecule has 0 aliphatic carbocycles. The van der Waals surface area contributed by atoms with E-state index in [1.54, 1.807) is 18.9 Å². The molecule has 1 fully saturated rings. The number of carbonyl (C=O) groups is 1. The smallest absolute Gasteiger partial charge is 0.231 e. The maximum atomic E-state index is 12.6. The molecule has 2 rings (SSSR count). The Morgan fingerprint density at radius 1 is 1.33 bits per heavy atom. The average Bonchev–Trinajstić information content (AvgIpc) is 2.54. The maximum Gasteiger partial charge on any atom is 0.231 e. The second-order valence-corrected chi connectivity index (χ2v) is 7.59. The molecule has 1 amide bonds. The maximum absolute atomic E-state index is 12.6. The van der Waals surface area contributed by atoms with Crippen LogP contribution in [0, 0.1) is 5.92 Å². The van der Waals surface area contributed by atoms with Crippen molar-refractivity contribution in [2.75, 3.05) is 30.8 Å². The van der Waals surface area contributed by atoms with E-state index in [1.807, 2.05) is 30.3 Å². The van der Waals surface area contributed by atoms with E-state index in [9.17, 15) is 13.2 Å². The molecule has 21 heavy (non-hydrogen) atoms. The van der Waals surface area contributed by atoms with Crippen LogP contribution in [0.5, 0.6) is 0 Å². The van der Waals surface area contributed by atoms with Gasteiger partial charge in [0.15, 0.2) is 0 Å². The zero-order valence-corrected chi connectivity index (χ0v) is 13.3. The minimum absolute atomic E-state index is 0.0165. The molecule has 0 bridgehead atoms. The quantitative estimate of drug-likeness (QED) is 0.850. The summed E-state index contributed by atoms with van der Waals surface area (Å²) in [5.74, 6) is -0.190. The number of sulfonamides is 1. The van der Waals surface area contributed by atoms with Gasteiger partial charge in [0.05, 0.1) is 11.7 Å². The minimum atomic E-state index is -3.22. The van der Waals surface area contributed by atoms with E-state index < -0.39 is 10.0 Å². The predicted molar refractivity (Wildman–Crippen MR) is 83.6 cm³/mol. The monoisotopic (exact) mass is 310 g/mol. The molecule has 116 valence electrons. The second kappa shape index (κ2) is 6.58. The summed E-state index contributed by atoms with van der Waals surface area (Å²) in [5, 5.41) is 0. The van der Waals surface area contributed by atoms with Gasteiger partial charge in [-0.05, 0) is 31.9 Å². The Labute approximate surface area is 126 Å². The normalized spacial score (nSPS) is 20.2. The Kier molecular flexibility index (Phi) is 5.00. The molecule has 1 aromatic rings. The lowest BCUT2D eigenvalue weighted by molar-refractivity contribution is -0.123. The van der Waals surface area contributed by atoms with E-state index in [2.05, 4.69) is 0 Å². The summed E-state index contributed by atoms with van der Waals surface area (Å²) in [6.45, 7) is 2.46. The summed E-state index contributed by atoms with van der Waals surface area (Å²) in [6, 6.07) is 9.42. The summed E-state index contributed by atoms with van der Waals surface area (Å²) in [4.78, 5) is 14.2. The standard InChI is InChI=1S/C15H22N2O3S/c1-3-21(19,20)17-11-7-8-13(12-17)15(18)16(2)14-9-5-4-6-10-14/h4-6,9-10,13H,3,7-8,11-12H2,1-2H3. The Morgan fingerprint density at radius 2 is 2.00 bits per heavy atom. The van der Waals surface area contributed by atoms with Crippen molar-refractivity contribution in [2.45, 2.75) is 19.8 Å². The Bertz CT molecular complexity index is 586. The first-order chi connectivity index (χ1) is 9.95. The molecule has 1 heterocycles. The lowest BCUT2D eigenvalue weighted by Gasteiger charge is -2.33. The summed E-state index contributed by atoms with van der Waals surface area (Å²) >= 11 is 0. The van der Waals surface area contributed by atoms with E-state index in [-0.39, 0.29) is 17.6 Å². The molecule has 0 N–H and O–H groups in total. The number of carbonyl (C=O) groups excluding carboxylic acids is 1. The van der Waals surface area contributed by atoms with Gasteiger partial charge < -0.3 is 4.90 Å². The third-order valence-electron chi connectivity index (χ3n) is 3.97. The third kappa shape index (κ3) is 3.63. The van der Waals surface area contributed by atoms with Gasteiger partial charge in [0.25, 0.3) is 0 Å². The largest absolute Gasteiger partial charge is 0.315 e. The minimum Gasteiger partial charge on any atom is -0.315 e. The van der Waals surface area contributed by atoms with Crippen molar-refractivity contribution in [1.29, 1.82) is 0 Å². The van der Waals surface area contributed by atoms with Gasteiger partial charge in [0.2, 0.25) is 15.9 Å². The SMILES string of the molecule is CCS(=O)(=O)N1CCCC(C(=O)N(C)c2ccccc2)C1. The van der Waals surface area contributed by atoms with Crippen LogP contribution in [0.4, 0.5) is 5.69 Å². The van der Waals surface area contributed by atoms with Gasteiger partial charge in [-0.2, -0.15) is 0 Å². The summed E-state index contributed by atoms with van der Waals surface area (Å²) < 4.78 is 25.4. The molecule has 1 atom stereocenters. The van der Waals surface area contributed by atoms with Crippen molar-refractivity contribution in [3.05, 3.63) is 30.3 Å². The second-order valence-electron chi connectivity index (χ2n) is 5.33. The van der Waals surface area contributed by atoms with Crippen LogP contribution in [0.1, 0.15) is 19.8 Å². The molecular weight excluding hydrogens is 288 g/mol. The van der Waals surface area contributed by atoms with Gasteiger partial charge in [0.1, 0.15) is 0 Å². The van der Waals surface area contributed by atoms with E-state index in [1.165, 1.54) is 4.31 Å². The van der Waals surface area contributed by atoms with Gasteiger partial charge >= 0.3 is 0 Å². The number of nitrogens with zero attached hydrogens (tertiary/aromatic N) is 2. The molecule has 1 unspecified atom stereocenters. The first kappa shape index (κ1) is 16.0. The summed E-state index contributed by atoms with van der Waals surface area (Å²) in [6.07, 6.45) is 1.48. The molecular formula is C15H22N2O3S. The first-order valence-electron chi connectivity index (χ1n) is 7.26. The lowest BCUT2D eigenvalue weighted by atomic mass is 9.98. The van der Waals surface area contributed by atoms with Gasteiger partial charge in [0, 0.05) is 25.8 Å². The number of hydrogen-bond acceptors (Lipinski definition) is 3. The molecule has 1 aliphatic rings. The number of hydrogen-bond donors (Lipinski definition) is 0. The number of amides is 1. The van der Waals surface area contributed by atoms with Crippen molar-refractivity contribution < 1.29 is 13.2 Å². The van der Waals surface area contributed by atoms with Crippen molar-refractivity contribution in [3.63, 3.8) is 0 Å². The molecule has 0 aromatic heterocycles. The van der Waals surface area contributed by atoms with Crippen LogP contribution >= 0.6 is 0 Å². The molecule has 1 saturated heterocycles. The van der Waals surface area contributed by atoms with Gasteiger partial charge in [-0.3, -0.25) is 4.79 Å². The Balaban J connectivity index is 2.09. The molecule has 1 aliphatic heterocycles. The highest BCUT2D eigenvalue weighted by Gasteiger charge is 2.32. The van der Waals surface area contributed by atoms with Crippen LogP contribution in [-0.4, -0.2) is 44.5 Å². The van der Waals surface area contributed by atoms with E-state index in [0.717, 1.165) is 18.5 Å². The molecule has 6 heteroatoms. The molecule has 0 spiro atoms. The van der Waals surface area contributed by atoms with Crippen LogP contribution in [0.15, 0.2) is 30.3 Å². The van der Waals surface area contributed by atoms with Crippen molar-refractivity contribution in [1.82, 2.24) is 4.31 Å². The number of benzene rings is 1. The van der Waals surface area contributed by atoms with Crippen LogP contribution in [-0.2, 0) is 14.8 Å². The first-order valence-corrected chi connectivity index (χ1v) is 8.87. The number of rotatable bonds is 4. The van der Waals surface area contributed by atoms with E-state index in [0.29, 0.717) is 13.1 Å². The molecule has 1 aromatic carbocycles. The molecule has 0 radical (unpaired) electrons. The fourth-order valence-corrected chi connectivity index (χ4v) is 3.81. The Hall–Kier alpha value is -1.40. The van der Waals surface area contributed by atoms with Crippen molar-refractivity contribution in [2.24, 2.45) is 5.92 Å². The fourth-order valence-electron chi connectivity index (χ4n) is 2.63. The molecule has 5 nitrogen and oxygen atoms in total. The topological polar surface area (TPSA) is 57.7 Å². The summed E-state index contributed by atoms with van der Waals surface area (Å²) in [5.41, 5.74) is 0.831. The number of piperidine rings is 1. The molecule has 0 saturated carbocycles. The Morgan fingerprint density at radius 3 is 2.62 bits per heavy atom. The third-order valence-corrected chi connectivity index (χ3v) is 5.81. The fraction of sp³-hybridized carbons (Fsp3) is 0.533. The zero-order valence-electron chi connectivity index (χ0n) is 12.5. The van der Waals surface area contributed by atoms with Crippen LogP contribution in [0.2, 0.25) is 0 Å². The van der Waals surface area contributed by atoms with Crippen molar-refractivity contribution >= 4 is 21.6 Å². The van der Waals surface area contributed by atoms with Gasteiger partial charge in [-0.1, -0.05) is 18.2 Å². The highest BCUT2D eigenvalue weighted by atomic mass is 32.2. The van der Waals surface area contributed by atoms with Crippen LogP contribution in [0.25, 0.3) is 0 Å². The van der Waals surface area contributed by atoms with Crippen LogP contribution < -0.4 is 4.90 Å². The average molecular weight is 310 g/mol. The van der Waals surface area contributed by atoms with Crippen LogP contribution in [0.3, 0.4) is 0 Å². The van der Waals surface area contributed by atoms with E-state index in [4.69, 9.17) is 0 Å². The lowest BCUT2D eigenvalue weighted by Crippen LogP contribution is -2.46. The highest BCUT2D eigenvalue weighted by molar-refractivity contribution is 7.89. The van der Waals surface area contributed by atoms with Gasteiger partial charge in [-0.25, -0.2) is 12.7 Å². The summed E-state index contributed by atoms with van der Waals surface area (Å²) in [7, 11) is -1.47. The number of para-hydroxylation sites is 1.